The highest BCUT2D eigenvalue weighted by atomic mass is 15.0. The van der Waals surface area contributed by atoms with Gasteiger partial charge < -0.3 is 4.57 Å². The van der Waals surface area contributed by atoms with Gasteiger partial charge in [-0.3, -0.25) is 0 Å². The molecule has 0 spiro atoms. The molecule has 0 amide bonds. The van der Waals surface area contributed by atoms with Gasteiger partial charge in [0.2, 0.25) is 0 Å². The van der Waals surface area contributed by atoms with Crippen LogP contribution in [0, 0.1) is 0 Å². The van der Waals surface area contributed by atoms with Crippen LogP contribution in [0.4, 0.5) is 0 Å². The SMILES string of the molecule is CC1(C)c2ccccc2-c2c1cc(-c1c3ccccc3c(-c3ccc(-n4c5c(c6ccccc64)CCC=C5)cc3)c3ccccc13)c1ccccc21. The van der Waals surface area contributed by atoms with Gasteiger partial charge >= 0.3 is 0 Å². The Bertz CT molecular complexity index is 2910. The van der Waals surface area contributed by atoms with E-state index < -0.39 is 0 Å². The lowest BCUT2D eigenvalue weighted by Gasteiger charge is -2.24. The predicted octanol–water partition coefficient (Wildman–Crippen LogP) is 13.7. The maximum atomic E-state index is 2.52. The van der Waals surface area contributed by atoms with E-state index >= 15 is 0 Å². The van der Waals surface area contributed by atoms with Crippen molar-refractivity contribution in [2.45, 2.75) is 32.1 Å². The van der Waals surface area contributed by atoms with Gasteiger partial charge in [-0.25, -0.2) is 0 Å². The smallest absolute Gasteiger partial charge is 0.0537 e. The fourth-order valence-electron chi connectivity index (χ4n) is 9.73. The molecule has 1 heterocycles. The fraction of sp³-hybridized carbons (Fsp3) is 0.0980. The molecule has 1 nitrogen and oxygen atoms in total. The van der Waals surface area contributed by atoms with Crippen molar-refractivity contribution >= 4 is 49.3 Å². The predicted molar refractivity (Wildman–Crippen MR) is 222 cm³/mol. The molecule has 8 aromatic carbocycles. The van der Waals surface area contributed by atoms with Gasteiger partial charge in [0.1, 0.15) is 0 Å². The van der Waals surface area contributed by atoms with E-state index in [1.54, 1.807) is 0 Å². The standard InChI is InChI=1S/C51H37N/c1-51(2)44-24-12-9-23-42(44)50-37-18-4-3-15-34(37)43(31-45(50)51)49-40-21-7-5-19-38(40)48(39-20-6-8-22-41(39)49)32-27-29-33(30-28-32)52-46-25-13-10-16-35(46)36-17-11-14-26-47(36)52/h3-10,12-16,18-31H,11,17H2,1-2H3. The molecular formula is C51H37N. The second kappa shape index (κ2) is 10.9. The monoisotopic (exact) mass is 663 g/mol. The van der Waals surface area contributed by atoms with Crippen LogP contribution in [0.25, 0.3) is 88.4 Å². The molecule has 0 saturated carbocycles. The minimum absolute atomic E-state index is 0.0991. The first-order valence-corrected chi connectivity index (χ1v) is 18.6. The zero-order valence-corrected chi connectivity index (χ0v) is 29.4. The summed E-state index contributed by atoms with van der Waals surface area (Å²) in [5, 5.41) is 9.13. The zero-order chi connectivity index (χ0) is 34.6. The number of hydrogen-bond acceptors (Lipinski definition) is 0. The molecule has 1 heteroatoms. The Hall–Kier alpha value is -6.18. The summed E-state index contributed by atoms with van der Waals surface area (Å²) in [6, 6.07) is 56.9. The lowest BCUT2D eigenvalue weighted by molar-refractivity contribution is 0.661. The average molecular weight is 664 g/mol. The molecule has 0 unspecified atom stereocenters. The summed E-state index contributed by atoms with van der Waals surface area (Å²) in [7, 11) is 0. The number of rotatable bonds is 3. The third-order valence-electron chi connectivity index (χ3n) is 12.1. The van der Waals surface area contributed by atoms with Crippen LogP contribution < -0.4 is 0 Å². The minimum atomic E-state index is -0.0991. The molecule has 246 valence electrons. The third-order valence-corrected chi connectivity index (χ3v) is 12.1. The van der Waals surface area contributed by atoms with E-state index in [2.05, 4.69) is 182 Å². The van der Waals surface area contributed by atoms with Crippen LogP contribution in [-0.4, -0.2) is 4.57 Å². The lowest BCUT2D eigenvalue weighted by atomic mass is 9.79. The van der Waals surface area contributed by atoms with Crippen molar-refractivity contribution in [3.63, 3.8) is 0 Å². The van der Waals surface area contributed by atoms with Gasteiger partial charge in [-0.2, -0.15) is 0 Å². The van der Waals surface area contributed by atoms with E-state index in [4.69, 9.17) is 0 Å². The number of allylic oxidation sites excluding steroid dienone is 1. The summed E-state index contributed by atoms with van der Waals surface area (Å²) in [5.41, 5.74) is 15.9. The van der Waals surface area contributed by atoms with Crippen molar-refractivity contribution in [1.82, 2.24) is 4.57 Å². The first kappa shape index (κ1) is 29.5. The van der Waals surface area contributed by atoms with Crippen molar-refractivity contribution in [2.75, 3.05) is 0 Å². The summed E-state index contributed by atoms with van der Waals surface area (Å²) >= 11 is 0. The highest BCUT2D eigenvalue weighted by Crippen LogP contribution is 2.54. The van der Waals surface area contributed by atoms with Gasteiger partial charge in [0.25, 0.3) is 0 Å². The summed E-state index contributed by atoms with van der Waals surface area (Å²) in [5.74, 6) is 0. The van der Waals surface area contributed by atoms with Crippen LogP contribution in [0.3, 0.4) is 0 Å². The Kier molecular flexibility index (Phi) is 6.20. The summed E-state index contributed by atoms with van der Waals surface area (Å²) < 4.78 is 2.45. The number of fused-ring (bicyclic) bond motifs is 10. The largest absolute Gasteiger partial charge is 0.310 e. The van der Waals surface area contributed by atoms with Crippen LogP contribution in [0.15, 0.2) is 158 Å². The van der Waals surface area contributed by atoms with Crippen LogP contribution in [-0.2, 0) is 11.8 Å². The summed E-state index contributed by atoms with van der Waals surface area (Å²) in [6.45, 7) is 4.78. The van der Waals surface area contributed by atoms with Crippen molar-refractivity contribution < 1.29 is 0 Å². The second-order valence-electron chi connectivity index (χ2n) is 15.1. The molecule has 0 aliphatic heterocycles. The molecule has 0 bridgehead atoms. The molecule has 9 aromatic rings. The Balaban J connectivity index is 1.16. The number of aromatic nitrogens is 1. The Labute approximate surface area is 304 Å². The van der Waals surface area contributed by atoms with E-state index in [-0.39, 0.29) is 5.41 Å². The average Bonchev–Trinajstić information content (AvgIpc) is 3.65. The van der Waals surface area contributed by atoms with Crippen LogP contribution in [0.5, 0.6) is 0 Å². The Morgan fingerprint density at radius 3 is 1.73 bits per heavy atom. The van der Waals surface area contributed by atoms with E-state index in [9.17, 15) is 0 Å². The van der Waals surface area contributed by atoms with Gasteiger partial charge in [-0.1, -0.05) is 147 Å². The van der Waals surface area contributed by atoms with Gasteiger partial charge in [0, 0.05) is 22.2 Å². The number of aryl methyl sites for hydroxylation is 1. The minimum Gasteiger partial charge on any atom is -0.310 e. The maximum Gasteiger partial charge on any atom is 0.0537 e. The molecule has 2 aliphatic rings. The Morgan fingerprint density at radius 1 is 0.481 bits per heavy atom. The number of para-hydroxylation sites is 1. The fourth-order valence-corrected chi connectivity index (χ4v) is 9.73. The van der Waals surface area contributed by atoms with Gasteiger partial charge in [-0.05, 0) is 126 Å². The molecule has 52 heavy (non-hydrogen) atoms. The van der Waals surface area contributed by atoms with Crippen LogP contribution >= 0.6 is 0 Å². The van der Waals surface area contributed by atoms with Gasteiger partial charge in [0.05, 0.1) is 5.52 Å². The molecule has 0 N–H and O–H groups in total. The first-order chi connectivity index (χ1) is 25.6. The quantitative estimate of drug-likeness (QED) is 0.166. The number of hydrogen-bond donors (Lipinski definition) is 0. The van der Waals surface area contributed by atoms with Crippen molar-refractivity contribution in [3.05, 3.63) is 180 Å². The molecule has 2 aliphatic carbocycles. The normalized spacial score (nSPS) is 14.3. The molecule has 1 aromatic heterocycles. The van der Waals surface area contributed by atoms with Crippen LogP contribution in [0.1, 0.15) is 42.7 Å². The third kappa shape index (κ3) is 3.99. The Morgan fingerprint density at radius 2 is 1.04 bits per heavy atom. The van der Waals surface area contributed by atoms with E-state index in [1.165, 1.54) is 105 Å². The first-order valence-electron chi connectivity index (χ1n) is 18.6. The second-order valence-corrected chi connectivity index (χ2v) is 15.1. The topological polar surface area (TPSA) is 4.93 Å². The molecular weight excluding hydrogens is 627 g/mol. The van der Waals surface area contributed by atoms with E-state index in [1.807, 2.05) is 0 Å². The maximum absolute atomic E-state index is 2.52. The summed E-state index contributed by atoms with van der Waals surface area (Å²) in [6.07, 6.45) is 6.82. The number of nitrogens with zero attached hydrogens (tertiary/aromatic N) is 1. The van der Waals surface area contributed by atoms with Crippen molar-refractivity contribution in [1.29, 1.82) is 0 Å². The highest BCUT2D eigenvalue weighted by Gasteiger charge is 2.37. The van der Waals surface area contributed by atoms with Gasteiger partial charge in [0.15, 0.2) is 0 Å². The number of benzene rings is 8. The van der Waals surface area contributed by atoms with Crippen molar-refractivity contribution in [2.24, 2.45) is 0 Å². The van der Waals surface area contributed by atoms with E-state index in [0.29, 0.717) is 0 Å². The lowest BCUT2D eigenvalue weighted by Crippen LogP contribution is -2.15. The molecule has 0 radical (unpaired) electrons. The molecule has 0 atom stereocenters. The summed E-state index contributed by atoms with van der Waals surface area (Å²) in [4.78, 5) is 0. The van der Waals surface area contributed by atoms with Crippen LogP contribution in [0.2, 0.25) is 0 Å². The highest BCUT2D eigenvalue weighted by molar-refractivity contribution is 6.24. The molecule has 0 fully saturated rings. The van der Waals surface area contributed by atoms with E-state index in [0.717, 1.165) is 12.8 Å². The zero-order valence-electron chi connectivity index (χ0n) is 29.4. The van der Waals surface area contributed by atoms with Crippen molar-refractivity contribution in [3.8, 4) is 39.1 Å². The molecule has 11 rings (SSSR count). The van der Waals surface area contributed by atoms with Gasteiger partial charge in [-0.15, -0.1) is 0 Å². The molecule has 0 saturated heterocycles.